The number of nitrogens with one attached hydrogen (secondary N) is 2. The summed E-state index contributed by atoms with van der Waals surface area (Å²) in [5, 5.41) is 12.8. The molecule has 0 saturated heterocycles. The lowest BCUT2D eigenvalue weighted by molar-refractivity contribution is -0.133. The Morgan fingerprint density at radius 2 is 1.62 bits per heavy atom. The van der Waals surface area contributed by atoms with Gasteiger partial charge >= 0.3 is 12.0 Å². The molecular weight excluding hydrogens is 302 g/mol. The summed E-state index contributed by atoms with van der Waals surface area (Å²) in [4.78, 5) is 33.6. The number of hydrogen-bond acceptors (Lipinski definition) is 5. The number of nitrogens with zero attached hydrogens (tertiary/aromatic N) is 1. The molecule has 0 aromatic heterocycles. The van der Waals surface area contributed by atoms with Gasteiger partial charge in [-0.15, -0.1) is 0 Å². The Balaban J connectivity index is 4.45. The molecule has 10 heteroatoms. The zero-order valence-corrected chi connectivity index (χ0v) is 13.1. The fourth-order valence-electron chi connectivity index (χ4n) is 1.05. The van der Waals surface area contributed by atoms with E-state index < -0.39 is 27.9 Å². The van der Waals surface area contributed by atoms with Crippen molar-refractivity contribution in [1.29, 1.82) is 0 Å². The smallest absolute Gasteiger partial charge is 0.331 e. The lowest BCUT2D eigenvalue weighted by Crippen LogP contribution is -2.42. The lowest BCUT2D eigenvalue weighted by atomic mass is 10.1. The van der Waals surface area contributed by atoms with Crippen LogP contribution in [0.3, 0.4) is 0 Å². The highest BCUT2D eigenvalue weighted by Crippen LogP contribution is 2.03. The molecule has 0 radical (unpaired) electrons. The fraction of sp³-hybridized carbons (Fsp3) is 0.545. The number of carboxylic acids is 1. The van der Waals surface area contributed by atoms with Crippen LogP contribution < -0.4 is 10.6 Å². The number of carbonyl (C=O) groups excluding carboxylic acids is 2. The Hall–Kier alpha value is -1.94. The van der Waals surface area contributed by atoms with Gasteiger partial charge < -0.3 is 10.4 Å². The van der Waals surface area contributed by atoms with Crippen LogP contribution >= 0.6 is 0 Å². The van der Waals surface area contributed by atoms with Crippen molar-refractivity contribution >= 4 is 27.9 Å². The summed E-state index contributed by atoms with van der Waals surface area (Å²) in [5.41, 5.74) is -0.297. The third-order valence-electron chi connectivity index (χ3n) is 2.65. The minimum Gasteiger partial charge on any atom is -0.478 e. The fourth-order valence-corrected chi connectivity index (χ4v) is 1.77. The molecule has 0 saturated carbocycles. The molecule has 3 N–H and O–H groups in total. The van der Waals surface area contributed by atoms with E-state index in [4.69, 9.17) is 5.11 Å². The summed E-state index contributed by atoms with van der Waals surface area (Å²) in [6.45, 7) is 2.32. The second-order valence-corrected chi connectivity index (χ2v) is 6.67. The van der Waals surface area contributed by atoms with Gasteiger partial charge in [0.25, 0.3) is 5.91 Å². The van der Waals surface area contributed by atoms with Crippen molar-refractivity contribution in [2.45, 2.75) is 13.8 Å². The maximum absolute atomic E-state index is 11.5. The summed E-state index contributed by atoms with van der Waals surface area (Å²) in [6.07, 6.45) is 0. The zero-order chi connectivity index (χ0) is 16.8. The molecule has 0 atom stereocenters. The monoisotopic (exact) mass is 321 g/mol. The van der Waals surface area contributed by atoms with E-state index in [0.29, 0.717) is 0 Å². The maximum atomic E-state index is 11.5. The van der Waals surface area contributed by atoms with Gasteiger partial charge in [0, 0.05) is 31.8 Å². The van der Waals surface area contributed by atoms with Gasteiger partial charge in [0.05, 0.1) is 5.75 Å². The van der Waals surface area contributed by atoms with Gasteiger partial charge in [0.2, 0.25) is 10.0 Å². The molecule has 3 amide bonds. The number of sulfonamides is 1. The van der Waals surface area contributed by atoms with E-state index in [0.717, 1.165) is 4.31 Å². The molecule has 0 aliphatic rings. The maximum Gasteiger partial charge on any atom is 0.331 e. The topological polar surface area (TPSA) is 133 Å². The van der Waals surface area contributed by atoms with Crippen LogP contribution in [0, 0.1) is 0 Å². The van der Waals surface area contributed by atoms with Crippen molar-refractivity contribution in [2.24, 2.45) is 0 Å². The van der Waals surface area contributed by atoms with Gasteiger partial charge in [-0.05, 0) is 13.8 Å². The first kappa shape index (κ1) is 19.1. The summed E-state index contributed by atoms with van der Waals surface area (Å²) in [6, 6.07) is -0.897. The predicted molar refractivity (Wildman–Crippen MR) is 75.0 cm³/mol. The molecule has 0 aliphatic carbocycles. The Morgan fingerprint density at radius 3 is 2.05 bits per heavy atom. The first-order valence-corrected chi connectivity index (χ1v) is 7.50. The van der Waals surface area contributed by atoms with Crippen LogP contribution in [0.5, 0.6) is 0 Å². The number of imide groups is 1. The van der Waals surface area contributed by atoms with Crippen molar-refractivity contribution in [2.75, 3.05) is 26.4 Å². The number of carbonyl (C=O) groups is 3. The molecule has 120 valence electrons. The van der Waals surface area contributed by atoms with Gasteiger partial charge in [-0.3, -0.25) is 10.1 Å². The van der Waals surface area contributed by atoms with E-state index >= 15 is 0 Å². The summed E-state index contributed by atoms with van der Waals surface area (Å²) >= 11 is 0. The molecule has 0 spiro atoms. The second kappa shape index (κ2) is 7.74. The molecule has 21 heavy (non-hydrogen) atoms. The van der Waals surface area contributed by atoms with Crippen LogP contribution in [-0.2, 0) is 19.6 Å². The van der Waals surface area contributed by atoms with Crippen molar-refractivity contribution in [3.8, 4) is 0 Å². The van der Waals surface area contributed by atoms with Crippen LogP contribution in [0.4, 0.5) is 4.79 Å². The molecule has 0 aromatic carbocycles. The van der Waals surface area contributed by atoms with Crippen LogP contribution in [-0.4, -0.2) is 62.1 Å². The van der Waals surface area contributed by atoms with Crippen molar-refractivity contribution in [3.05, 3.63) is 11.1 Å². The number of rotatable bonds is 6. The molecule has 0 rings (SSSR count). The highest BCUT2D eigenvalue weighted by atomic mass is 32.2. The van der Waals surface area contributed by atoms with E-state index in [9.17, 15) is 22.8 Å². The van der Waals surface area contributed by atoms with E-state index in [2.05, 4.69) is 5.32 Å². The SMILES string of the molecule is CC(C(=O)O)=C(C)C(=O)NC(=O)NCCS(=O)(=O)N(C)C. The van der Waals surface area contributed by atoms with Crippen LogP contribution in [0.15, 0.2) is 11.1 Å². The quantitative estimate of drug-likeness (QED) is 0.544. The van der Waals surface area contributed by atoms with Gasteiger partial charge in [0.1, 0.15) is 0 Å². The summed E-state index contributed by atoms with van der Waals surface area (Å²) in [5.74, 6) is -2.44. The number of urea groups is 1. The highest BCUT2D eigenvalue weighted by molar-refractivity contribution is 7.89. The Labute approximate surface area is 123 Å². The molecule has 0 aliphatic heterocycles. The van der Waals surface area contributed by atoms with Gasteiger partial charge in [-0.25, -0.2) is 22.3 Å². The van der Waals surface area contributed by atoms with E-state index in [1.807, 2.05) is 5.32 Å². The molecule has 0 heterocycles. The molecular formula is C11H19N3O6S. The highest BCUT2D eigenvalue weighted by Gasteiger charge is 2.16. The zero-order valence-electron chi connectivity index (χ0n) is 12.3. The minimum atomic E-state index is -3.44. The first-order chi connectivity index (χ1) is 9.49. The Morgan fingerprint density at radius 1 is 1.10 bits per heavy atom. The van der Waals surface area contributed by atoms with Crippen molar-refractivity contribution in [3.63, 3.8) is 0 Å². The average molecular weight is 321 g/mol. The second-order valence-electron chi connectivity index (χ2n) is 4.36. The third kappa shape index (κ3) is 6.36. The molecule has 9 nitrogen and oxygen atoms in total. The first-order valence-electron chi connectivity index (χ1n) is 5.89. The van der Waals surface area contributed by atoms with Gasteiger partial charge in [0.15, 0.2) is 0 Å². The molecule has 0 aromatic rings. The van der Waals surface area contributed by atoms with Gasteiger partial charge in [-0.1, -0.05) is 0 Å². The minimum absolute atomic E-state index is 0.112. The Bertz CT molecular complexity index is 565. The number of hydrogen-bond donors (Lipinski definition) is 3. The average Bonchev–Trinajstić information content (AvgIpc) is 2.36. The molecule has 0 unspecified atom stereocenters. The van der Waals surface area contributed by atoms with Gasteiger partial charge in [-0.2, -0.15) is 0 Å². The molecule has 0 bridgehead atoms. The normalized spacial score (nSPS) is 12.6. The van der Waals surface area contributed by atoms with Crippen molar-refractivity contribution < 1.29 is 27.9 Å². The summed E-state index contributed by atoms with van der Waals surface area (Å²) in [7, 11) is -0.719. The largest absolute Gasteiger partial charge is 0.478 e. The van der Waals surface area contributed by atoms with E-state index in [1.165, 1.54) is 27.9 Å². The lowest BCUT2D eigenvalue weighted by Gasteiger charge is -2.12. The van der Waals surface area contributed by atoms with E-state index in [1.54, 1.807) is 0 Å². The Kier molecular flexibility index (Phi) is 7.02. The van der Waals surface area contributed by atoms with Crippen molar-refractivity contribution in [1.82, 2.24) is 14.9 Å². The van der Waals surface area contributed by atoms with Crippen LogP contribution in [0.2, 0.25) is 0 Å². The number of aliphatic carboxylic acids is 1. The standard InChI is InChI=1S/C11H19N3O6S/c1-7(8(2)10(16)17)9(15)13-11(18)12-5-6-21(19,20)14(3)4/h5-6H2,1-4H3,(H,16,17)(H2,12,13,15,18). The van der Waals surface area contributed by atoms with Crippen LogP contribution in [0.1, 0.15) is 13.8 Å². The number of carboxylic acid groups (broad SMARTS) is 1. The predicted octanol–water partition coefficient (Wildman–Crippen LogP) is -0.875. The van der Waals surface area contributed by atoms with Crippen LogP contribution in [0.25, 0.3) is 0 Å². The molecule has 0 fully saturated rings. The summed E-state index contributed by atoms with van der Waals surface area (Å²) < 4.78 is 23.9. The van der Waals surface area contributed by atoms with E-state index in [-0.39, 0.29) is 23.4 Å². The third-order valence-corrected chi connectivity index (χ3v) is 4.49. The number of amides is 3.